The summed E-state index contributed by atoms with van der Waals surface area (Å²) in [4.78, 5) is 2.15. The Bertz CT molecular complexity index is 500. The number of hydrogen-bond donors (Lipinski definition) is 1. The largest absolute Gasteiger partial charge is 0.296 e. The molecule has 0 unspecified atom stereocenters. The van der Waals surface area contributed by atoms with Crippen LogP contribution in [0.2, 0.25) is 0 Å². The van der Waals surface area contributed by atoms with Crippen LogP contribution in [0.15, 0.2) is 6.07 Å². The van der Waals surface area contributed by atoms with Crippen LogP contribution in [-0.2, 0) is 21.8 Å². The van der Waals surface area contributed by atoms with E-state index in [-0.39, 0.29) is 16.9 Å². The summed E-state index contributed by atoms with van der Waals surface area (Å²) in [6, 6.07) is 2.07. The molecule has 1 saturated heterocycles. The molecule has 1 fully saturated rings. The van der Waals surface area contributed by atoms with Gasteiger partial charge in [-0.05, 0) is 6.07 Å². The molecule has 1 aliphatic heterocycles. The predicted octanol–water partition coefficient (Wildman–Crippen LogP) is 0.938. The summed E-state index contributed by atoms with van der Waals surface area (Å²) >= 11 is 0. The van der Waals surface area contributed by atoms with Gasteiger partial charge in [0.1, 0.15) is 0 Å². The maximum atomic E-state index is 11.3. The molecule has 1 aromatic heterocycles. The second-order valence-electron chi connectivity index (χ2n) is 5.96. The lowest BCUT2D eigenvalue weighted by molar-refractivity contribution is 0.284. The van der Waals surface area contributed by atoms with E-state index in [9.17, 15) is 8.42 Å². The van der Waals surface area contributed by atoms with E-state index < -0.39 is 9.84 Å². The van der Waals surface area contributed by atoms with Crippen LogP contribution in [0.5, 0.6) is 0 Å². The van der Waals surface area contributed by atoms with Gasteiger partial charge in [-0.2, -0.15) is 5.10 Å². The lowest BCUT2D eigenvalue weighted by atomic mass is 9.92. The number of H-pyrrole nitrogens is 1. The van der Waals surface area contributed by atoms with Crippen molar-refractivity contribution in [2.45, 2.75) is 32.7 Å². The summed E-state index contributed by atoms with van der Waals surface area (Å²) < 4.78 is 22.7. The number of nitrogens with one attached hydrogen (secondary N) is 1. The van der Waals surface area contributed by atoms with E-state index in [1.54, 1.807) is 0 Å². The topological polar surface area (TPSA) is 66.1 Å². The third-order valence-electron chi connectivity index (χ3n) is 3.23. The van der Waals surface area contributed by atoms with Crippen LogP contribution in [0.25, 0.3) is 0 Å². The monoisotopic (exact) mass is 271 g/mol. The molecule has 0 spiro atoms. The molecular weight excluding hydrogens is 250 g/mol. The molecule has 0 aliphatic carbocycles. The van der Waals surface area contributed by atoms with Crippen molar-refractivity contribution in [2.24, 2.45) is 0 Å². The Morgan fingerprint density at radius 3 is 2.44 bits per heavy atom. The SMILES string of the molecule is CC(C)(C)c1cc(CN2CCS(=O)(=O)CC2)[nH]n1. The first-order chi connectivity index (χ1) is 8.26. The Kier molecular flexibility index (Phi) is 3.51. The predicted molar refractivity (Wildman–Crippen MR) is 71.2 cm³/mol. The summed E-state index contributed by atoms with van der Waals surface area (Å²) in [6.07, 6.45) is 0. The molecule has 1 aromatic rings. The molecule has 6 heteroatoms. The maximum absolute atomic E-state index is 11.3. The lowest BCUT2D eigenvalue weighted by Crippen LogP contribution is -2.39. The molecule has 1 N–H and O–H groups in total. The zero-order valence-corrected chi connectivity index (χ0v) is 12.0. The molecule has 0 atom stereocenters. The summed E-state index contributed by atoms with van der Waals surface area (Å²) in [7, 11) is -2.79. The molecule has 1 aliphatic rings. The lowest BCUT2D eigenvalue weighted by Gasteiger charge is -2.25. The summed E-state index contributed by atoms with van der Waals surface area (Å²) in [5.74, 6) is 0.542. The summed E-state index contributed by atoms with van der Waals surface area (Å²) in [5.41, 5.74) is 2.14. The minimum atomic E-state index is -2.79. The van der Waals surface area contributed by atoms with Gasteiger partial charge in [0.2, 0.25) is 0 Å². The number of sulfone groups is 1. The third-order valence-corrected chi connectivity index (χ3v) is 4.84. The molecule has 2 rings (SSSR count). The average Bonchev–Trinajstić information content (AvgIpc) is 2.69. The van der Waals surface area contributed by atoms with Crippen LogP contribution < -0.4 is 0 Å². The molecule has 18 heavy (non-hydrogen) atoms. The molecule has 0 aromatic carbocycles. The van der Waals surface area contributed by atoms with Crippen molar-refractivity contribution < 1.29 is 8.42 Å². The van der Waals surface area contributed by atoms with Gasteiger partial charge in [-0.25, -0.2) is 8.42 Å². The summed E-state index contributed by atoms with van der Waals surface area (Å²) in [6.45, 7) is 8.36. The molecule has 0 saturated carbocycles. The quantitative estimate of drug-likeness (QED) is 0.869. The van der Waals surface area contributed by atoms with Crippen molar-refractivity contribution in [1.82, 2.24) is 15.1 Å². The van der Waals surface area contributed by atoms with Crippen molar-refractivity contribution in [2.75, 3.05) is 24.6 Å². The molecule has 102 valence electrons. The average molecular weight is 271 g/mol. The highest BCUT2D eigenvalue weighted by atomic mass is 32.2. The Morgan fingerprint density at radius 2 is 1.94 bits per heavy atom. The van der Waals surface area contributed by atoms with Crippen LogP contribution in [0.3, 0.4) is 0 Å². The van der Waals surface area contributed by atoms with Gasteiger partial charge in [-0.3, -0.25) is 10.00 Å². The van der Waals surface area contributed by atoms with Gasteiger partial charge < -0.3 is 0 Å². The number of nitrogens with zero attached hydrogens (tertiary/aromatic N) is 2. The Hall–Kier alpha value is -0.880. The van der Waals surface area contributed by atoms with E-state index in [4.69, 9.17) is 0 Å². The zero-order valence-electron chi connectivity index (χ0n) is 11.2. The van der Waals surface area contributed by atoms with Crippen LogP contribution >= 0.6 is 0 Å². The zero-order chi connectivity index (χ0) is 13.4. The van der Waals surface area contributed by atoms with Crippen LogP contribution in [-0.4, -0.2) is 48.1 Å². The normalized spacial score (nSPS) is 21.1. The van der Waals surface area contributed by atoms with Gasteiger partial charge in [-0.15, -0.1) is 0 Å². The van der Waals surface area contributed by atoms with Gasteiger partial charge in [0.25, 0.3) is 0 Å². The van der Waals surface area contributed by atoms with E-state index in [1.807, 2.05) is 0 Å². The molecule has 2 heterocycles. The van der Waals surface area contributed by atoms with Crippen LogP contribution in [0, 0.1) is 0 Å². The van der Waals surface area contributed by atoms with Crippen molar-refractivity contribution in [3.8, 4) is 0 Å². The van der Waals surface area contributed by atoms with E-state index in [0.29, 0.717) is 13.1 Å². The first-order valence-corrected chi connectivity index (χ1v) is 8.06. The highest BCUT2D eigenvalue weighted by Crippen LogP contribution is 2.21. The number of rotatable bonds is 2. The fraction of sp³-hybridized carbons (Fsp3) is 0.750. The van der Waals surface area contributed by atoms with Crippen LogP contribution in [0.4, 0.5) is 0 Å². The van der Waals surface area contributed by atoms with Gasteiger partial charge >= 0.3 is 0 Å². The minimum Gasteiger partial charge on any atom is -0.296 e. The van der Waals surface area contributed by atoms with E-state index in [0.717, 1.165) is 17.9 Å². The van der Waals surface area contributed by atoms with E-state index in [2.05, 4.69) is 41.9 Å². The minimum absolute atomic E-state index is 0.0417. The van der Waals surface area contributed by atoms with Crippen LogP contribution in [0.1, 0.15) is 32.2 Å². The molecule has 0 bridgehead atoms. The number of aromatic nitrogens is 2. The second-order valence-corrected chi connectivity index (χ2v) is 8.26. The first-order valence-electron chi connectivity index (χ1n) is 6.24. The first kappa shape index (κ1) is 13.5. The van der Waals surface area contributed by atoms with Gasteiger partial charge in [-0.1, -0.05) is 20.8 Å². The highest BCUT2D eigenvalue weighted by Gasteiger charge is 2.23. The maximum Gasteiger partial charge on any atom is 0.152 e. The fourth-order valence-corrected chi connectivity index (χ4v) is 3.25. The Labute approximate surface area is 108 Å². The third kappa shape index (κ3) is 3.32. The fourth-order valence-electron chi connectivity index (χ4n) is 1.98. The summed E-state index contributed by atoms with van der Waals surface area (Å²) in [5, 5.41) is 7.35. The van der Waals surface area contributed by atoms with E-state index in [1.165, 1.54) is 0 Å². The number of hydrogen-bond acceptors (Lipinski definition) is 4. The Morgan fingerprint density at radius 1 is 1.33 bits per heavy atom. The van der Waals surface area contributed by atoms with Crippen molar-refractivity contribution in [3.63, 3.8) is 0 Å². The number of aromatic amines is 1. The van der Waals surface area contributed by atoms with Crippen molar-refractivity contribution in [3.05, 3.63) is 17.5 Å². The molecular formula is C12H21N3O2S. The standard InChI is InChI=1S/C12H21N3O2S/c1-12(2,3)11-8-10(13-14-11)9-15-4-6-18(16,17)7-5-15/h8H,4-7,9H2,1-3H3,(H,13,14). The Balaban J connectivity index is 1.97. The van der Waals surface area contributed by atoms with Gasteiger partial charge in [0, 0.05) is 30.7 Å². The van der Waals surface area contributed by atoms with Crippen molar-refractivity contribution >= 4 is 9.84 Å². The second kappa shape index (κ2) is 4.66. The van der Waals surface area contributed by atoms with Crippen molar-refractivity contribution in [1.29, 1.82) is 0 Å². The molecule has 0 radical (unpaired) electrons. The smallest absolute Gasteiger partial charge is 0.152 e. The molecule has 0 amide bonds. The molecule has 5 nitrogen and oxygen atoms in total. The van der Waals surface area contributed by atoms with Gasteiger partial charge in [0.15, 0.2) is 9.84 Å². The van der Waals surface area contributed by atoms with Gasteiger partial charge in [0.05, 0.1) is 17.2 Å². The highest BCUT2D eigenvalue weighted by molar-refractivity contribution is 7.91. The van der Waals surface area contributed by atoms with E-state index >= 15 is 0 Å².